The number of para-hydroxylation sites is 1. The summed E-state index contributed by atoms with van der Waals surface area (Å²) in [4.78, 5) is 15.3. The maximum absolute atomic E-state index is 12.9. The van der Waals surface area contributed by atoms with Crippen LogP contribution in [-0.2, 0) is 6.54 Å². The molecule has 160 valence electrons. The Hall–Kier alpha value is -2.53. The first-order valence-electron chi connectivity index (χ1n) is 10.9. The summed E-state index contributed by atoms with van der Waals surface area (Å²) in [6, 6.07) is 15.6. The highest BCUT2D eigenvalue weighted by Crippen LogP contribution is 2.41. The lowest BCUT2D eigenvalue weighted by Crippen LogP contribution is -2.55. The van der Waals surface area contributed by atoms with Crippen LogP contribution in [0, 0.1) is 5.92 Å². The van der Waals surface area contributed by atoms with E-state index in [1.807, 2.05) is 42.5 Å². The average molecular weight is 409 g/mol. The van der Waals surface area contributed by atoms with Gasteiger partial charge in [0, 0.05) is 36.3 Å². The average Bonchev–Trinajstić information content (AvgIpc) is 3.59. The van der Waals surface area contributed by atoms with Crippen LogP contribution in [0.2, 0.25) is 0 Å². The zero-order chi connectivity index (χ0) is 21.0. The molecule has 1 aliphatic heterocycles. The van der Waals surface area contributed by atoms with E-state index >= 15 is 0 Å². The normalized spacial score (nSPS) is 18.6. The third-order valence-corrected chi connectivity index (χ3v) is 6.48. The Kier molecular flexibility index (Phi) is 6.28. The lowest BCUT2D eigenvalue weighted by molar-refractivity contribution is 0.0769. The first-order valence-corrected chi connectivity index (χ1v) is 10.9. The van der Waals surface area contributed by atoms with Gasteiger partial charge in [0.2, 0.25) is 0 Å². The van der Waals surface area contributed by atoms with Gasteiger partial charge in [-0.05, 0) is 43.4 Å². The molecular formula is C25H32N2O3. The number of methoxy groups -OCH3 is 2. The van der Waals surface area contributed by atoms with Gasteiger partial charge in [-0.25, -0.2) is 0 Å². The Morgan fingerprint density at radius 3 is 2.40 bits per heavy atom. The van der Waals surface area contributed by atoms with E-state index in [0.29, 0.717) is 0 Å². The molecule has 5 nitrogen and oxygen atoms in total. The fourth-order valence-electron chi connectivity index (χ4n) is 4.62. The predicted molar refractivity (Wildman–Crippen MR) is 118 cm³/mol. The number of nitrogens with zero attached hydrogens (tertiary/aromatic N) is 1. The van der Waals surface area contributed by atoms with Crippen molar-refractivity contribution in [2.75, 3.05) is 27.3 Å². The van der Waals surface area contributed by atoms with Crippen molar-refractivity contribution in [1.29, 1.82) is 0 Å². The van der Waals surface area contributed by atoms with E-state index in [1.54, 1.807) is 14.2 Å². The molecule has 0 bridgehead atoms. The van der Waals surface area contributed by atoms with Gasteiger partial charge in [0.15, 0.2) is 11.5 Å². The van der Waals surface area contributed by atoms with Crippen LogP contribution in [0.15, 0.2) is 48.5 Å². The van der Waals surface area contributed by atoms with Gasteiger partial charge in [0.05, 0.1) is 14.2 Å². The Morgan fingerprint density at radius 1 is 1.03 bits per heavy atom. The Morgan fingerprint density at radius 2 is 1.77 bits per heavy atom. The van der Waals surface area contributed by atoms with Crippen LogP contribution >= 0.6 is 0 Å². The molecule has 30 heavy (non-hydrogen) atoms. The maximum Gasteiger partial charge on any atom is 0.251 e. The van der Waals surface area contributed by atoms with E-state index in [0.717, 1.165) is 67.4 Å². The summed E-state index contributed by atoms with van der Waals surface area (Å²) in [5, 5.41) is 3.43. The summed E-state index contributed by atoms with van der Waals surface area (Å²) in [6.45, 7) is 2.75. The lowest BCUT2D eigenvalue weighted by Gasteiger charge is -2.43. The van der Waals surface area contributed by atoms with Crippen molar-refractivity contribution in [3.63, 3.8) is 0 Å². The number of hydrogen-bond donors (Lipinski definition) is 1. The van der Waals surface area contributed by atoms with Crippen LogP contribution in [0.3, 0.4) is 0 Å². The first kappa shape index (κ1) is 20.7. The van der Waals surface area contributed by atoms with E-state index in [4.69, 9.17) is 9.47 Å². The van der Waals surface area contributed by atoms with Gasteiger partial charge < -0.3 is 14.8 Å². The van der Waals surface area contributed by atoms with Crippen LogP contribution in [0.25, 0.3) is 0 Å². The van der Waals surface area contributed by atoms with Gasteiger partial charge in [-0.1, -0.05) is 43.2 Å². The number of nitrogens with one attached hydrogen (secondary N) is 1. The fraction of sp³-hybridized carbons (Fsp3) is 0.480. The van der Waals surface area contributed by atoms with Gasteiger partial charge in [-0.2, -0.15) is 0 Å². The second-order valence-electron chi connectivity index (χ2n) is 8.68. The van der Waals surface area contributed by atoms with Crippen LogP contribution < -0.4 is 14.8 Å². The van der Waals surface area contributed by atoms with E-state index in [-0.39, 0.29) is 11.4 Å². The van der Waals surface area contributed by atoms with Gasteiger partial charge in [-0.3, -0.25) is 9.69 Å². The summed E-state index contributed by atoms with van der Waals surface area (Å²) >= 11 is 0. The molecule has 1 saturated heterocycles. The molecule has 1 saturated carbocycles. The predicted octanol–water partition coefficient (Wildman–Crippen LogP) is 4.27. The molecule has 0 atom stereocenters. The molecule has 2 aliphatic rings. The summed E-state index contributed by atoms with van der Waals surface area (Å²) in [6.07, 6.45) is 5.66. The molecule has 2 fully saturated rings. The van der Waals surface area contributed by atoms with E-state index < -0.39 is 0 Å². The largest absolute Gasteiger partial charge is 0.493 e. The lowest BCUT2D eigenvalue weighted by atomic mass is 9.82. The number of amides is 1. The van der Waals surface area contributed by atoms with Gasteiger partial charge in [0.1, 0.15) is 0 Å². The SMILES string of the molecule is COc1cccc(CN2CCC(CC3CC3)(NC(=O)c3ccccc3)CC2)c1OC. The van der Waals surface area contributed by atoms with Crippen LogP contribution in [0.4, 0.5) is 0 Å². The molecule has 1 heterocycles. The van der Waals surface area contributed by atoms with Crippen molar-refractivity contribution in [1.82, 2.24) is 10.2 Å². The molecular weight excluding hydrogens is 376 g/mol. The Bertz CT molecular complexity index is 856. The fourth-order valence-corrected chi connectivity index (χ4v) is 4.62. The summed E-state index contributed by atoms with van der Waals surface area (Å²) in [5.74, 6) is 2.41. The Balaban J connectivity index is 1.43. The highest BCUT2D eigenvalue weighted by Gasteiger charge is 2.40. The number of hydrogen-bond acceptors (Lipinski definition) is 4. The molecule has 4 rings (SSSR count). The van der Waals surface area contributed by atoms with Gasteiger partial charge >= 0.3 is 0 Å². The second kappa shape index (κ2) is 9.09. The van der Waals surface area contributed by atoms with Crippen molar-refractivity contribution in [2.45, 2.75) is 44.2 Å². The highest BCUT2D eigenvalue weighted by molar-refractivity contribution is 5.94. The zero-order valence-electron chi connectivity index (χ0n) is 18.0. The summed E-state index contributed by atoms with van der Waals surface area (Å²) in [7, 11) is 3.36. The zero-order valence-corrected chi connectivity index (χ0v) is 18.0. The molecule has 2 aromatic rings. The minimum atomic E-state index is -0.0942. The standard InChI is InChI=1S/C25H32N2O3/c1-29-22-10-6-9-21(23(22)30-2)18-27-15-13-25(14-16-27,17-19-11-12-19)26-24(28)20-7-4-3-5-8-20/h3-10,19H,11-18H2,1-2H3,(H,26,28). The number of rotatable bonds is 8. The molecule has 0 aromatic heterocycles. The number of ether oxygens (including phenoxy) is 2. The van der Waals surface area contributed by atoms with Crippen LogP contribution in [0.5, 0.6) is 11.5 Å². The molecule has 1 amide bonds. The molecule has 1 N–H and O–H groups in total. The van der Waals surface area contributed by atoms with E-state index in [1.165, 1.54) is 12.8 Å². The monoisotopic (exact) mass is 408 g/mol. The van der Waals surface area contributed by atoms with E-state index in [2.05, 4.69) is 16.3 Å². The molecule has 0 unspecified atom stereocenters. The molecule has 2 aromatic carbocycles. The second-order valence-corrected chi connectivity index (χ2v) is 8.68. The molecule has 5 heteroatoms. The van der Waals surface area contributed by atoms with Gasteiger partial charge in [-0.15, -0.1) is 0 Å². The third-order valence-electron chi connectivity index (χ3n) is 6.48. The summed E-state index contributed by atoms with van der Waals surface area (Å²) in [5.41, 5.74) is 1.79. The third kappa shape index (κ3) is 4.78. The number of carbonyl (C=O) groups excluding carboxylic acids is 1. The topological polar surface area (TPSA) is 50.8 Å². The van der Waals surface area contributed by atoms with Crippen LogP contribution in [0.1, 0.15) is 48.0 Å². The first-order chi connectivity index (χ1) is 14.6. The quantitative estimate of drug-likeness (QED) is 0.709. The smallest absolute Gasteiger partial charge is 0.251 e. The van der Waals surface area contributed by atoms with Crippen molar-refractivity contribution < 1.29 is 14.3 Å². The van der Waals surface area contributed by atoms with Crippen molar-refractivity contribution in [3.05, 3.63) is 59.7 Å². The maximum atomic E-state index is 12.9. The van der Waals surface area contributed by atoms with E-state index in [9.17, 15) is 4.79 Å². The minimum Gasteiger partial charge on any atom is -0.493 e. The minimum absolute atomic E-state index is 0.0548. The highest BCUT2D eigenvalue weighted by atomic mass is 16.5. The number of benzene rings is 2. The van der Waals surface area contributed by atoms with Crippen molar-refractivity contribution in [3.8, 4) is 11.5 Å². The number of carbonyl (C=O) groups is 1. The Labute approximate surface area is 179 Å². The molecule has 1 aliphatic carbocycles. The van der Waals surface area contributed by atoms with Crippen molar-refractivity contribution in [2.24, 2.45) is 5.92 Å². The van der Waals surface area contributed by atoms with Crippen molar-refractivity contribution >= 4 is 5.91 Å². The van der Waals surface area contributed by atoms with Gasteiger partial charge in [0.25, 0.3) is 5.91 Å². The number of piperidine rings is 1. The summed E-state index contributed by atoms with van der Waals surface area (Å²) < 4.78 is 11.0. The molecule has 0 spiro atoms. The number of likely N-dealkylation sites (tertiary alicyclic amines) is 1. The molecule has 0 radical (unpaired) electrons. The van der Waals surface area contributed by atoms with Crippen LogP contribution in [-0.4, -0.2) is 43.7 Å².